The molecule has 2 atom stereocenters. The Morgan fingerprint density at radius 3 is 2.55 bits per heavy atom. The third-order valence-electron chi connectivity index (χ3n) is 4.66. The van der Waals surface area contributed by atoms with Gasteiger partial charge in [-0.05, 0) is 31.2 Å². The number of nitrogens with one attached hydrogen (secondary N) is 1. The summed E-state index contributed by atoms with van der Waals surface area (Å²) in [5.41, 5.74) is 1.04. The van der Waals surface area contributed by atoms with Crippen molar-refractivity contribution in [3.05, 3.63) is 59.7 Å². The van der Waals surface area contributed by atoms with E-state index >= 15 is 0 Å². The molecular weight excluding hydrogens is 384 g/mol. The number of imide groups is 1. The van der Waals surface area contributed by atoms with Crippen LogP contribution >= 0.6 is 0 Å². The number of halogens is 2. The highest BCUT2D eigenvalue weighted by Gasteiger charge is 2.55. The second-order valence-corrected chi connectivity index (χ2v) is 6.71. The van der Waals surface area contributed by atoms with Crippen molar-refractivity contribution >= 4 is 29.1 Å². The molecule has 0 unspecified atom stereocenters. The van der Waals surface area contributed by atoms with Gasteiger partial charge in [0.05, 0.1) is 11.4 Å². The molecular formula is C19H15F2N5O3. The van der Waals surface area contributed by atoms with Crippen molar-refractivity contribution < 1.29 is 23.2 Å². The molecule has 10 heteroatoms. The molecule has 0 aromatic heterocycles. The Morgan fingerprint density at radius 2 is 1.83 bits per heavy atom. The van der Waals surface area contributed by atoms with Crippen LogP contribution in [-0.2, 0) is 14.4 Å². The molecule has 1 N–H and O–H groups in total. The van der Waals surface area contributed by atoms with E-state index in [1.165, 1.54) is 0 Å². The van der Waals surface area contributed by atoms with Crippen molar-refractivity contribution in [3.8, 4) is 0 Å². The molecule has 1 fully saturated rings. The van der Waals surface area contributed by atoms with Gasteiger partial charge in [-0.15, -0.1) is 0 Å². The van der Waals surface area contributed by atoms with Gasteiger partial charge in [0.25, 0.3) is 11.8 Å². The van der Waals surface area contributed by atoms with E-state index in [0.29, 0.717) is 5.69 Å². The highest BCUT2D eigenvalue weighted by Crippen LogP contribution is 2.31. The SMILES string of the molecule is Cc1ccc(N2C(=O)[C@H]3N=NN(CC(=O)Nc4cc(F)ccc4F)[C@@H]3C2=O)cc1. The quantitative estimate of drug-likeness (QED) is 0.798. The molecule has 2 aromatic rings. The number of carbonyl (C=O) groups excluding carboxylic acids is 3. The van der Waals surface area contributed by atoms with Crippen LogP contribution in [0.1, 0.15) is 5.56 Å². The summed E-state index contributed by atoms with van der Waals surface area (Å²) in [6.45, 7) is 1.42. The van der Waals surface area contributed by atoms with Gasteiger partial charge in [0.2, 0.25) is 5.91 Å². The van der Waals surface area contributed by atoms with Gasteiger partial charge in [-0.3, -0.25) is 19.4 Å². The van der Waals surface area contributed by atoms with E-state index in [2.05, 4.69) is 15.7 Å². The number of benzene rings is 2. The van der Waals surface area contributed by atoms with Gasteiger partial charge in [-0.25, -0.2) is 13.7 Å². The molecule has 2 heterocycles. The summed E-state index contributed by atoms with van der Waals surface area (Å²) in [5.74, 6) is -3.35. The highest BCUT2D eigenvalue weighted by atomic mass is 19.1. The lowest BCUT2D eigenvalue weighted by molar-refractivity contribution is -0.123. The minimum atomic E-state index is -1.06. The number of rotatable bonds is 4. The average molecular weight is 399 g/mol. The van der Waals surface area contributed by atoms with Crippen molar-refractivity contribution in [1.29, 1.82) is 0 Å². The van der Waals surface area contributed by atoms with Crippen LogP contribution in [0.25, 0.3) is 0 Å². The van der Waals surface area contributed by atoms with Crippen LogP contribution in [0.15, 0.2) is 52.8 Å². The lowest BCUT2D eigenvalue weighted by Crippen LogP contribution is -2.43. The maximum atomic E-state index is 13.7. The first kappa shape index (κ1) is 18.7. The molecule has 0 aliphatic carbocycles. The predicted octanol–water partition coefficient (Wildman–Crippen LogP) is 2.21. The molecule has 1 saturated heterocycles. The molecule has 8 nitrogen and oxygen atoms in total. The van der Waals surface area contributed by atoms with Gasteiger partial charge in [-0.1, -0.05) is 22.9 Å². The second-order valence-electron chi connectivity index (χ2n) is 6.71. The van der Waals surface area contributed by atoms with Crippen LogP contribution in [0.2, 0.25) is 0 Å². The molecule has 0 saturated carbocycles. The fourth-order valence-corrected chi connectivity index (χ4v) is 3.23. The number of nitrogens with zero attached hydrogens (tertiary/aromatic N) is 4. The number of carbonyl (C=O) groups is 3. The van der Waals surface area contributed by atoms with Crippen molar-refractivity contribution in [1.82, 2.24) is 5.01 Å². The standard InChI is InChI=1S/C19H15F2N5O3/c1-10-2-5-12(6-3-10)26-18(28)16-17(19(26)29)25(24-23-16)9-15(27)22-14-8-11(20)4-7-13(14)21/h2-8,16-17H,9H2,1H3,(H,22,27)/t16-,17-/m0/s1. The van der Waals surface area contributed by atoms with Crippen molar-refractivity contribution in [2.45, 2.75) is 19.0 Å². The van der Waals surface area contributed by atoms with Gasteiger partial charge in [-0.2, -0.15) is 5.11 Å². The van der Waals surface area contributed by atoms with E-state index in [1.54, 1.807) is 24.3 Å². The Morgan fingerprint density at radius 1 is 1.10 bits per heavy atom. The molecule has 148 valence electrons. The molecule has 2 aliphatic heterocycles. The van der Waals surface area contributed by atoms with E-state index in [4.69, 9.17) is 0 Å². The molecule has 0 bridgehead atoms. The minimum Gasteiger partial charge on any atom is -0.322 e. The first-order valence-electron chi connectivity index (χ1n) is 8.72. The first-order chi connectivity index (χ1) is 13.8. The normalized spacial score (nSPS) is 20.4. The van der Waals surface area contributed by atoms with Crippen LogP contribution < -0.4 is 10.2 Å². The third kappa shape index (κ3) is 3.33. The lowest BCUT2D eigenvalue weighted by Gasteiger charge is -2.20. The van der Waals surface area contributed by atoms with Crippen molar-refractivity contribution in [3.63, 3.8) is 0 Å². The smallest absolute Gasteiger partial charge is 0.263 e. The van der Waals surface area contributed by atoms with Gasteiger partial charge in [0, 0.05) is 6.07 Å². The molecule has 0 radical (unpaired) electrons. The van der Waals surface area contributed by atoms with Crippen LogP contribution in [0, 0.1) is 18.6 Å². The number of amides is 3. The Balaban J connectivity index is 1.49. The fourth-order valence-electron chi connectivity index (χ4n) is 3.23. The molecule has 4 rings (SSSR count). The van der Waals surface area contributed by atoms with Crippen LogP contribution in [0.5, 0.6) is 0 Å². The summed E-state index contributed by atoms with van der Waals surface area (Å²) >= 11 is 0. The summed E-state index contributed by atoms with van der Waals surface area (Å²) in [4.78, 5) is 38.7. The molecule has 2 aliphatic rings. The molecule has 0 spiro atoms. The Kier molecular flexibility index (Phi) is 4.53. The summed E-state index contributed by atoms with van der Waals surface area (Å²) < 4.78 is 26.9. The Hall–Kier alpha value is -3.69. The van der Waals surface area contributed by atoms with E-state index < -0.39 is 48.0 Å². The number of fused-ring (bicyclic) bond motifs is 1. The van der Waals surface area contributed by atoms with Crippen molar-refractivity contribution in [2.75, 3.05) is 16.8 Å². The van der Waals surface area contributed by atoms with Gasteiger partial charge in [0.1, 0.15) is 18.2 Å². The Bertz CT molecular complexity index is 1040. The number of hydrogen-bond donors (Lipinski definition) is 1. The summed E-state index contributed by atoms with van der Waals surface area (Å²) in [5, 5.41) is 10.9. The van der Waals surface area contributed by atoms with E-state index in [0.717, 1.165) is 33.7 Å². The van der Waals surface area contributed by atoms with Crippen LogP contribution in [0.4, 0.5) is 20.2 Å². The molecule has 3 amide bonds. The maximum Gasteiger partial charge on any atom is 0.263 e. The summed E-state index contributed by atoms with van der Waals surface area (Å²) in [6.07, 6.45) is 0. The third-order valence-corrected chi connectivity index (χ3v) is 4.66. The second kappa shape index (κ2) is 7.04. The van der Waals surface area contributed by atoms with E-state index in [9.17, 15) is 23.2 Å². The fraction of sp³-hybridized carbons (Fsp3) is 0.211. The number of aryl methyl sites for hydroxylation is 1. The van der Waals surface area contributed by atoms with Gasteiger partial charge < -0.3 is 5.32 Å². The minimum absolute atomic E-state index is 0.335. The summed E-state index contributed by atoms with van der Waals surface area (Å²) in [6, 6.07) is 7.36. The van der Waals surface area contributed by atoms with Crippen LogP contribution in [-0.4, -0.2) is 41.4 Å². The Labute approximate surface area is 163 Å². The topological polar surface area (TPSA) is 94.4 Å². The largest absolute Gasteiger partial charge is 0.322 e. The van der Waals surface area contributed by atoms with Crippen LogP contribution in [0.3, 0.4) is 0 Å². The summed E-state index contributed by atoms with van der Waals surface area (Å²) in [7, 11) is 0. The first-order valence-corrected chi connectivity index (χ1v) is 8.72. The number of hydrogen-bond acceptors (Lipinski definition) is 6. The zero-order chi connectivity index (χ0) is 20.7. The monoisotopic (exact) mass is 399 g/mol. The van der Waals surface area contributed by atoms with Gasteiger partial charge >= 0.3 is 0 Å². The van der Waals surface area contributed by atoms with E-state index in [1.807, 2.05) is 6.92 Å². The predicted molar refractivity (Wildman–Crippen MR) is 97.8 cm³/mol. The average Bonchev–Trinajstić information content (AvgIpc) is 3.19. The zero-order valence-corrected chi connectivity index (χ0v) is 15.2. The molecule has 2 aromatic carbocycles. The maximum absolute atomic E-state index is 13.7. The highest BCUT2D eigenvalue weighted by molar-refractivity contribution is 6.25. The number of anilines is 2. The molecule has 29 heavy (non-hydrogen) atoms. The lowest BCUT2D eigenvalue weighted by atomic mass is 10.1. The van der Waals surface area contributed by atoms with Crippen molar-refractivity contribution in [2.24, 2.45) is 10.3 Å². The van der Waals surface area contributed by atoms with Gasteiger partial charge in [0.15, 0.2) is 12.1 Å². The zero-order valence-electron chi connectivity index (χ0n) is 15.2. The van der Waals surface area contributed by atoms with E-state index in [-0.39, 0.29) is 5.69 Å².